The molecule has 68 valence electrons. The van der Waals surface area contributed by atoms with Crippen molar-refractivity contribution in [2.24, 2.45) is 5.73 Å². The molecule has 0 fully saturated rings. The Morgan fingerprint density at radius 3 is 2.77 bits per heavy atom. The number of aliphatic hydroxyl groups excluding tert-OH is 1. The summed E-state index contributed by atoms with van der Waals surface area (Å²) in [6, 6.07) is 5.23. The van der Waals surface area contributed by atoms with E-state index in [4.69, 9.17) is 16.6 Å². The van der Waals surface area contributed by atoms with E-state index in [1.807, 2.05) is 0 Å². The van der Waals surface area contributed by atoms with Crippen LogP contribution in [0.15, 0.2) is 18.2 Å². The number of rotatable bonds is 1. The molecule has 0 saturated carbocycles. The Morgan fingerprint density at radius 2 is 2.15 bits per heavy atom. The zero-order valence-electron chi connectivity index (χ0n) is 7.25. The lowest BCUT2D eigenvalue weighted by atomic mass is 10.1. The van der Waals surface area contributed by atoms with Crippen molar-refractivity contribution >= 4 is 5.69 Å². The zero-order valence-corrected chi connectivity index (χ0v) is 7.25. The van der Waals surface area contributed by atoms with E-state index in [9.17, 15) is 0 Å². The highest BCUT2D eigenvalue weighted by molar-refractivity contribution is 5.51. The first kappa shape index (κ1) is 9.59. The van der Waals surface area contributed by atoms with E-state index in [-0.39, 0.29) is 6.61 Å². The van der Waals surface area contributed by atoms with Gasteiger partial charge in [0.05, 0.1) is 13.2 Å². The van der Waals surface area contributed by atoms with Crippen molar-refractivity contribution in [2.45, 2.75) is 6.61 Å². The minimum absolute atomic E-state index is 0.0329. The summed E-state index contributed by atoms with van der Waals surface area (Å²) in [7, 11) is 0. The van der Waals surface area contributed by atoms with Crippen LogP contribution < -0.4 is 11.5 Å². The lowest BCUT2D eigenvalue weighted by Crippen LogP contribution is -1.96. The van der Waals surface area contributed by atoms with Crippen LogP contribution in [0.5, 0.6) is 0 Å². The predicted molar refractivity (Wildman–Crippen MR) is 52.7 cm³/mol. The number of nitrogens with two attached hydrogens (primary N) is 2. The van der Waals surface area contributed by atoms with Gasteiger partial charge in [-0.3, -0.25) is 0 Å². The molecule has 1 aromatic carbocycles. The lowest BCUT2D eigenvalue weighted by Gasteiger charge is -2.01. The molecular weight excluding hydrogens is 164 g/mol. The first-order valence-electron chi connectivity index (χ1n) is 3.96. The fraction of sp³-hybridized carbons (Fsp3) is 0.200. The van der Waals surface area contributed by atoms with Gasteiger partial charge in [0.25, 0.3) is 0 Å². The van der Waals surface area contributed by atoms with E-state index in [0.29, 0.717) is 12.2 Å². The molecule has 0 aliphatic rings. The summed E-state index contributed by atoms with van der Waals surface area (Å²) in [6.07, 6.45) is 0. The highest BCUT2D eigenvalue weighted by Crippen LogP contribution is 2.12. The number of hydrogen-bond acceptors (Lipinski definition) is 3. The van der Waals surface area contributed by atoms with Crippen molar-refractivity contribution in [2.75, 3.05) is 12.3 Å². The molecule has 0 aliphatic carbocycles. The fourth-order valence-electron chi connectivity index (χ4n) is 0.995. The molecule has 1 aromatic rings. The largest absolute Gasteiger partial charge is 0.399 e. The van der Waals surface area contributed by atoms with Crippen molar-refractivity contribution in [3.05, 3.63) is 29.3 Å². The molecule has 0 radical (unpaired) electrons. The summed E-state index contributed by atoms with van der Waals surface area (Å²) < 4.78 is 0. The molecule has 5 N–H and O–H groups in total. The summed E-state index contributed by atoms with van der Waals surface area (Å²) in [6.45, 7) is 0.272. The zero-order chi connectivity index (χ0) is 9.68. The maximum Gasteiger partial charge on any atom is 0.0694 e. The van der Waals surface area contributed by atoms with Crippen LogP contribution in [-0.4, -0.2) is 11.7 Å². The van der Waals surface area contributed by atoms with Gasteiger partial charge in [0.2, 0.25) is 0 Å². The Labute approximate surface area is 77.4 Å². The average molecular weight is 176 g/mol. The molecule has 0 heterocycles. The van der Waals surface area contributed by atoms with E-state index >= 15 is 0 Å². The SMILES string of the molecule is NCC#Cc1cc(N)ccc1CO. The summed E-state index contributed by atoms with van der Waals surface area (Å²) >= 11 is 0. The van der Waals surface area contributed by atoms with Crippen LogP contribution in [0.25, 0.3) is 0 Å². The number of aliphatic hydroxyl groups is 1. The average Bonchev–Trinajstić information content (AvgIpc) is 2.15. The normalized spacial score (nSPS) is 9.08. The van der Waals surface area contributed by atoms with Gasteiger partial charge in [-0.2, -0.15) is 0 Å². The number of anilines is 1. The lowest BCUT2D eigenvalue weighted by molar-refractivity contribution is 0.281. The number of nitrogen functional groups attached to an aromatic ring is 1. The van der Waals surface area contributed by atoms with Gasteiger partial charge < -0.3 is 16.6 Å². The van der Waals surface area contributed by atoms with Gasteiger partial charge >= 0.3 is 0 Å². The molecule has 0 atom stereocenters. The molecule has 0 aromatic heterocycles. The molecule has 0 aliphatic heterocycles. The Bertz CT molecular complexity index is 350. The first-order valence-corrected chi connectivity index (χ1v) is 3.96. The second kappa shape index (κ2) is 4.51. The Kier molecular flexibility index (Phi) is 3.32. The van der Waals surface area contributed by atoms with E-state index in [2.05, 4.69) is 11.8 Å². The first-order chi connectivity index (χ1) is 6.27. The maximum atomic E-state index is 8.97. The van der Waals surface area contributed by atoms with Gasteiger partial charge in [0, 0.05) is 11.3 Å². The van der Waals surface area contributed by atoms with Gasteiger partial charge in [0.1, 0.15) is 0 Å². The highest BCUT2D eigenvalue weighted by Gasteiger charge is 1.98. The highest BCUT2D eigenvalue weighted by atomic mass is 16.3. The third-order valence-corrected chi connectivity index (χ3v) is 1.63. The van der Waals surface area contributed by atoms with Crippen LogP contribution in [0.3, 0.4) is 0 Å². The molecule has 1 rings (SSSR count). The van der Waals surface area contributed by atoms with Crippen LogP contribution in [0.1, 0.15) is 11.1 Å². The Morgan fingerprint density at radius 1 is 1.38 bits per heavy atom. The molecule has 0 bridgehead atoms. The molecule has 3 nitrogen and oxygen atoms in total. The summed E-state index contributed by atoms with van der Waals surface area (Å²) in [5.74, 6) is 5.57. The van der Waals surface area contributed by atoms with E-state index in [1.54, 1.807) is 18.2 Å². The quantitative estimate of drug-likeness (QED) is 0.419. The van der Waals surface area contributed by atoms with Crippen molar-refractivity contribution in [3.8, 4) is 11.8 Å². The molecule has 3 heteroatoms. The van der Waals surface area contributed by atoms with E-state index in [0.717, 1.165) is 11.1 Å². The molecule has 0 saturated heterocycles. The van der Waals surface area contributed by atoms with Crippen LogP contribution in [0.2, 0.25) is 0 Å². The van der Waals surface area contributed by atoms with E-state index in [1.165, 1.54) is 0 Å². The number of hydrogen-bond donors (Lipinski definition) is 3. The van der Waals surface area contributed by atoms with Crippen LogP contribution in [0.4, 0.5) is 5.69 Å². The molecule has 0 unspecified atom stereocenters. The molecule has 13 heavy (non-hydrogen) atoms. The van der Waals surface area contributed by atoms with Gasteiger partial charge in [0.15, 0.2) is 0 Å². The molecular formula is C10H12N2O. The summed E-state index contributed by atoms with van der Waals surface area (Å²) in [5.41, 5.74) is 13.0. The predicted octanol–water partition coefficient (Wildman–Crippen LogP) is 0.0713. The minimum Gasteiger partial charge on any atom is -0.399 e. The van der Waals surface area contributed by atoms with Crippen LogP contribution in [-0.2, 0) is 6.61 Å². The summed E-state index contributed by atoms with van der Waals surface area (Å²) in [5, 5.41) is 8.97. The van der Waals surface area contributed by atoms with Gasteiger partial charge in [-0.05, 0) is 17.7 Å². The van der Waals surface area contributed by atoms with Gasteiger partial charge in [-0.15, -0.1) is 0 Å². The molecule has 0 amide bonds. The van der Waals surface area contributed by atoms with Gasteiger partial charge in [-0.25, -0.2) is 0 Å². The Hall–Kier alpha value is -1.50. The standard InChI is InChI=1S/C10H12N2O/c11-5-1-2-8-6-10(12)4-3-9(8)7-13/h3-4,6,13H,5,7,11-12H2. The van der Waals surface area contributed by atoms with Crippen molar-refractivity contribution in [3.63, 3.8) is 0 Å². The fourth-order valence-corrected chi connectivity index (χ4v) is 0.995. The van der Waals surface area contributed by atoms with Crippen molar-refractivity contribution in [1.29, 1.82) is 0 Å². The number of benzene rings is 1. The van der Waals surface area contributed by atoms with Gasteiger partial charge in [-0.1, -0.05) is 17.9 Å². The maximum absolute atomic E-state index is 8.97. The van der Waals surface area contributed by atoms with E-state index < -0.39 is 0 Å². The monoisotopic (exact) mass is 176 g/mol. The molecule has 0 spiro atoms. The topological polar surface area (TPSA) is 72.3 Å². The third kappa shape index (κ3) is 2.48. The summed E-state index contributed by atoms with van der Waals surface area (Å²) in [4.78, 5) is 0. The van der Waals surface area contributed by atoms with Crippen molar-refractivity contribution < 1.29 is 5.11 Å². The second-order valence-corrected chi connectivity index (χ2v) is 2.58. The smallest absolute Gasteiger partial charge is 0.0694 e. The van der Waals surface area contributed by atoms with Crippen LogP contribution >= 0.6 is 0 Å². The van der Waals surface area contributed by atoms with Crippen LogP contribution in [0, 0.1) is 11.8 Å². The Balaban J connectivity index is 3.08. The second-order valence-electron chi connectivity index (χ2n) is 2.58. The van der Waals surface area contributed by atoms with Crippen molar-refractivity contribution in [1.82, 2.24) is 0 Å². The minimum atomic E-state index is -0.0329. The third-order valence-electron chi connectivity index (χ3n) is 1.63.